The van der Waals surface area contributed by atoms with Crippen LogP contribution >= 0.6 is 0 Å². The van der Waals surface area contributed by atoms with Crippen LogP contribution in [0.25, 0.3) is 3.62 Å². The Morgan fingerprint density at radius 1 is 0.872 bits per heavy atom. The summed E-state index contributed by atoms with van der Waals surface area (Å²) in [6.07, 6.45) is -0.286. The number of ether oxygens (including phenoxy) is 5. The van der Waals surface area contributed by atoms with E-state index >= 15 is 0 Å². The Bertz CT molecular complexity index is 1200. The number of esters is 4. The van der Waals surface area contributed by atoms with Crippen LogP contribution < -0.4 is 3.61 Å². The molecule has 1 saturated heterocycles. The summed E-state index contributed by atoms with van der Waals surface area (Å²) in [6.45, 7) is 6.58. The molecular formula is C28H31NO9Te. The number of carbonyl (C=O) groups excluding carboxylic acids is 4. The number of benzene rings is 1. The Kier molecular flexibility index (Phi) is 11.0. The molecule has 11 heteroatoms. The number of carbonyl (C=O) groups is 4. The molecule has 10 nitrogen and oxygen atoms in total. The van der Waals surface area contributed by atoms with Crippen molar-refractivity contribution in [2.24, 2.45) is 0 Å². The summed E-state index contributed by atoms with van der Waals surface area (Å²) in [6, 6.07) is 11.9. The second-order valence-electron chi connectivity index (χ2n) is 8.85. The molecule has 2 heterocycles. The number of hydrogen-bond acceptors (Lipinski definition) is 10. The molecule has 1 aromatic heterocycles. The summed E-state index contributed by atoms with van der Waals surface area (Å²) in [5.74, 6) is -2.56. The van der Waals surface area contributed by atoms with Gasteiger partial charge in [-0.2, -0.15) is 0 Å². The van der Waals surface area contributed by atoms with Gasteiger partial charge in [0, 0.05) is 0 Å². The third kappa shape index (κ3) is 9.17. The van der Waals surface area contributed by atoms with Crippen molar-refractivity contribution in [1.82, 2.24) is 4.98 Å². The average Bonchev–Trinajstić information content (AvgIpc) is 2.87. The number of aromatic nitrogens is 1. The second-order valence-corrected chi connectivity index (χ2v) is 12.0. The van der Waals surface area contributed by atoms with Gasteiger partial charge in [-0.15, -0.1) is 0 Å². The van der Waals surface area contributed by atoms with Crippen molar-refractivity contribution < 1.29 is 42.9 Å². The Labute approximate surface area is 237 Å². The van der Waals surface area contributed by atoms with Gasteiger partial charge >= 0.3 is 238 Å². The van der Waals surface area contributed by atoms with Crippen LogP contribution in [0, 0.1) is 6.92 Å². The van der Waals surface area contributed by atoms with Crippen LogP contribution in [0.15, 0.2) is 54.9 Å². The minimum atomic E-state index is -1.22. The van der Waals surface area contributed by atoms with Crippen LogP contribution in [0.1, 0.15) is 38.8 Å². The summed E-state index contributed by atoms with van der Waals surface area (Å²) in [5.41, 5.74) is 1.99. The van der Waals surface area contributed by atoms with Gasteiger partial charge in [-0.3, -0.25) is 0 Å². The first-order valence-corrected chi connectivity index (χ1v) is 14.5. The third-order valence-corrected chi connectivity index (χ3v) is 8.68. The standard InChI is InChI=1S/C28H31NO9Te/c1-16-8-10-22(11-9-16)39-25(21-7-6-12-29-14-21)13-23-26(35-18(3)31)28(37-20(5)33)27(36-19(4)32)24(38-23)15-34-17(2)30/h6-14,23-24,26-28H,15H2,1-5H3/b25-13-/t23-,24-,26+,27-,28-/m1/s1. The van der Waals surface area contributed by atoms with Crippen molar-refractivity contribution in [3.05, 3.63) is 66.0 Å². The summed E-state index contributed by atoms with van der Waals surface area (Å²) < 4.78 is 30.2. The fraction of sp³-hybridized carbons (Fsp3) is 0.393. The van der Waals surface area contributed by atoms with Crippen LogP contribution in [0.4, 0.5) is 0 Å². The number of aryl methyl sites for hydroxylation is 1. The molecule has 1 fully saturated rings. The Morgan fingerprint density at radius 3 is 2.05 bits per heavy atom. The van der Waals surface area contributed by atoms with E-state index in [1.807, 2.05) is 37.3 Å². The van der Waals surface area contributed by atoms with Crippen LogP contribution in [0.5, 0.6) is 0 Å². The quantitative estimate of drug-likeness (QED) is 0.225. The third-order valence-electron chi connectivity index (χ3n) is 5.54. The zero-order valence-electron chi connectivity index (χ0n) is 22.3. The Hall–Kier alpha value is -3.26. The molecule has 208 valence electrons. The molecular weight excluding hydrogens is 622 g/mol. The van der Waals surface area contributed by atoms with E-state index in [1.165, 1.54) is 27.7 Å². The van der Waals surface area contributed by atoms with Crippen LogP contribution in [0.2, 0.25) is 0 Å². The summed E-state index contributed by atoms with van der Waals surface area (Å²) in [7, 11) is 0. The van der Waals surface area contributed by atoms with Crippen molar-refractivity contribution in [3.63, 3.8) is 0 Å². The van der Waals surface area contributed by atoms with Gasteiger partial charge < -0.3 is 0 Å². The molecule has 0 unspecified atom stereocenters. The van der Waals surface area contributed by atoms with E-state index in [0.29, 0.717) is 0 Å². The number of hydrogen-bond donors (Lipinski definition) is 0. The predicted molar refractivity (Wildman–Crippen MR) is 141 cm³/mol. The van der Waals surface area contributed by atoms with Crippen LogP contribution in [-0.4, -0.2) is 86.9 Å². The van der Waals surface area contributed by atoms with E-state index in [9.17, 15) is 19.2 Å². The van der Waals surface area contributed by atoms with E-state index < -0.39 is 75.3 Å². The molecule has 2 aromatic rings. The van der Waals surface area contributed by atoms with Gasteiger partial charge in [0.05, 0.1) is 0 Å². The van der Waals surface area contributed by atoms with E-state index in [1.54, 1.807) is 12.4 Å². The van der Waals surface area contributed by atoms with Gasteiger partial charge in [0.2, 0.25) is 0 Å². The monoisotopic (exact) mass is 655 g/mol. The molecule has 1 aliphatic rings. The SMILES string of the molecule is CC(=O)OC[C@H]1O[C@H](/C=C(\[Te]c2ccc(C)cc2)c2cccnc2)[C@H](OC(C)=O)[C@@H](OC(C)=O)[C@@H]1OC(C)=O. The van der Waals surface area contributed by atoms with Gasteiger partial charge in [0.1, 0.15) is 0 Å². The first kappa shape index (κ1) is 30.3. The maximum atomic E-state index is 12.2. The van der Waals surface area contributed by atoms with Crippen LogP contribution in [-0.2, 0) is 42.9 Å². The molecule has 39 heavy (non-hydrogen) atoms. The summed E-state index contributed by atoms with van der Waals surface area (Å²) >= 11 is -0.994. The maximum absolute atomic E-state index is 12.2. The number of nitrogens with zero attached hydrogens (tertiary/aromatic N) is 1. The first-order valence-electron chi connectivity index (χ1n) is 12.2. The van der Waals surface area contributed by atoms with Crippen molar-refractivity contribution in [2.45, 2.75) is 65.1 Å². The molecule has 0 aliphatic carbocycles. The van der Waals surface area contributed by atoms with E-state index in [4.69, 9.17) is 23.7 Å². The zero-order valence-corrected chi connectivity index (χ0v) is 24.7. The molecule has 0 radical (unpaired) electrons. The van der Waals surface area contributed by atoms with E-state index in [-0.39, 0.29) is 6.61 Å². The first-order chi connectivity index (χ1) is 18.5. The Morgan fingerprint density at radius 2 is 1.49 bits per heavy atom. The average molecular weight is 653 g/mol. The van der Waals surface area contributed by atoms with E-state index in [0.717, 1.165) is 18.4 Å². The van der Waals surface area contributed by atoms with Gasteiger partial charge in [0.25, 0.3) is 0 Å². The summed E-state index contributed by atoms with van der Waals surface area (Å²) in [5, 5.41) is 0. The van der Waals surface area contributed by atoms with Crippen molar-refractivity contribution >= 4 is 52.0 Å². The zero-order chi connectivity index (χ0) is 28.5. The normalized spacial score (nSPS) is 22.9. The van der Waals surface area contributed by atoms with Crippen LogP contribution in [0.3, 0.4) is 0 Å². The molecule has 0 bridgehead atoms. The minimum absolute atomic E-state index is 0.279. The number of rotatable bonds is 9. The molecule has 0 saturated carbocycles. The van der Waals surface area contributed by atoms with Crippen molar-refractivity contribution in [2.75, 3.05) is 6.61 Å². The molecule has 3 rings (SSSR count). The fourth-order valence-electron chi connectivity index (χ4n) is 3.98. The van der Waals surface area contributed by atoms with Crippen molar-refractivity contribution in [3.8, 4) is 0 Å². The molecule has 1 aliphatic heterocycles. The topological polar surface area (TPSA) is 127 Å². The molecule has 0 amide bonds. The van der Waals surface area contributed by atoms with Gasteiger partial charge in [0.15, 0.2) is 0 Å². The van der Waals surface area contributed by atoms with Crippen molar-refractivity contribution in [1.29, 1.82) is 0 Å². The second kappa shape index (κ2) is 14.2. The molecule has 0 N–H and O–H groups in total. The predicted octanol–water partition coefficient (Wildman–Crippen LogP) is 1.89. The van der Waals surface area contributed by atoms with Gasteiger partial charge in [-0.05, 0) is 0 Å². The molecule has 1 aromatic carbocycles. The Balaban J connectivity index is 2.12. The number of pyridine rings is 1. The molecule has 0 spiro atoms. The van der Waals surface area contributed by atoms with E-state index in [2.05, 4.69) is 17.1 Å². The fourth-order valence-corrected chi connectivity index (χ4v) is 6.74. The van der Waals surface area contributed by atoms with Gasteiger partial charge in [-0.25, -0.2) is 0 Å². The van der Waals surface area contributed by atoms with Gasteiger partial charge in [-0.1, -0.05) is 0 Å². The molecule has 5 atom stereocenters. The summed E-state index contributed by atoms with van der Waals surface area (Å²) in [4.78, 5) is 52.1.